The number of hydrogen-bond donors (Lipinski definition) is 1. The fourth-order valence-corrected chi connectivity index (χ4v) is 6.49. The van der Waals surface area contributed by atoms with Gasteiger partial charge < -0.3 is 10.2 Å². The molecule has 0 spiro atoms. The standard InChI is InChI=1S/C23H28F3N3S/c24-23(25,26)18-6-3-7-19(13-18)27-22(30)29-10-4-5-15-11-16-12-17(21(15)29)14-28-9-2-1-8-20(16)28/h3,6-7,11,13,16-17,20-21H,1-2,4-5,8-10,12,14H2,(H,27,30). The number of rotatable bonds is 1. The zero-order chi connectivity index (χ0) is 20.9. The zero-order valence-electron chi connectivity index (χ0n) is 17.0. The van der Waals surface area contributed by atoms with Crippen LogP contribution in [0, 0.1) is 11.8 Å². The van der Waals surface area contributed by atoms with Crippen LogP contribution in [0.2, 0.25) is 0 Å². The van der Waals surface area contributed by atoms with E-state index in [0.717, 1.165) is 38.1 Å². The molecule has 3 saturated heterocycles. The van der Waals surface area contributed by atoms with Crippen molar-refractivity contribution in [3.05, 3.63) is 41.5 Å². The largest absolute Gasteiger partial charge is 0.416 e. The molecule has 1 N–H and O–H groups in total. The molecule has 1 aliphatic carbocycles. The average Bonchev–Trinajstić information content (AvgIpc) is 2.73. The first-order valence-corrected chi connectivity index (χ1v) is 11.5. The second-order valence-corrected chi connectivity index (χ2v) is 9.60. The first kappa shape index (κ1) is 20.3. The highest BCUT2D eigenvalue weighted by Crippen LogP contribution is 2.45. The number of anilines is 1. The number of fused-ring (bicyclic) bond motifs is 6. The van der Waals surface area contributed by atoms with Gasteiger partial charge in [-0.15, -0.1) is 0 Å². The quantitative estimate of drug-likeness (QED) is 0.477. The summed E-state index contributed by atoms with van der Waals surface area (Å²) in [5.41, 5.74) is 1.25. The lowest BCUT2D eigenvalue weighted by atomic mass is 9.68. The van der Waals surface area contributed by atoms with Crippen LogP contribution in [0.4, 0.5) is 18.9 Å². The van der Waals surface area contributed by atoms with Crippen LogP contribution in [0.1, 0.15) is 44.1 Å². The maximum atomic E-state index is 13.1. The molecule has 2 bridgehead atoms. The number of nitrogens with one attached hydrogen (secondary N) is 1. The van der Waals surface area contributed by atoms with Crippen molar-refractivity contribution in [1.82, 2.24) is 9.80 Å². The molecule has 4 atom stereocenters. The molecule has 30 heavy (non-hydrogen) atoms. The minimum Gasteiger partial charge on any atom is -0.342 e. The Balaban J connectivity index is 1.36. The van der Waals surface area contributed by atoms with E-state index in [1.807, 2.05) is 0 Å². The van der Waals surface area contributed by atoms with Crippen LogP contribution in [0.15, 0.2) is 35.9 Å². The van der Waals surface area contributed by atoms with Crippen LogP contribution in [0.25, 0.3) is 0 Å². The Kier molecular flexibility index (Phi) is 5.30. The number of hydrogen-bond acceptors (Lipinski definition) is 2. The van der Waals surface area contributed by atoms with Crippen molar-refractivity contribution in [2.24, 2.45) is 11.8 Å². The van der Waals surface area contributed by atoms with Crippen LogP contribution in [-0.4, -0.2) is 46.6 Å². The van der Waals surface area contributed by atoms with Crippen LogP contribution < -0.4 is 5.32 Å². The molecule has 4 unspecified atom stereocenters. The van der Waals surface area contributed by atoms with E-state index in [0.29, 0.717) is 28.7 Å². The van der Waals surface area contributed by atoms with Gasteiger partial charge in [0.05, 0.1) is 11.6 Å². The summed E-state index contributed by atoms with van der Waals surface area (Å²) in [4.78, 5) is 4.93. The Morgan fingerprint density at radius 2 is 2.00 bits per heavy atom. The van der Waals surface area contributed by atoms with E-state index in [9.17, 15) is 13.2 Å². The number of nitrogens with zero attached hydrogens (tertiary/aromatic N) is 2. The zero-order valence-corrected chi connectivity index (χ0v) is 17.8. The summed E-state index contributed by atoms with van der Waals surface area (Å²) in [6, 6.07) is 6.30. The van der Waals surface area contributed by atoms with E-state index in [2.05, 4.69) is 21.2 Å². The predicted octanol–water partition coefficient (Wildman–Crippen LogP) is 5.30. The molecule has 3 nitrogen and oxygen atoms in total. The normalized spacial score (nSPS) is 31.4. The Hall–Kier alpha value is -1.60. The van der Waals surface area contributed by atoms with Gasteiger partial charge in [-0.25, -0.2) is 0 Å². The van der Waals surface area contributed by atoms with Crippen molar-refractivity contribution in [1.29, 1.82) is 0 Å². The lowest BCUT2D eigenvalue weighted by Gasteiger charge is -2.55. The minimum atomic E-state index is -4.36. The lowest BCUT2D eigenvalue weighted by Crippen LogP contribution is -2.60. The second-order valence-electron chi connectivity index (χ2n) is 9.21. The third-order valence-electron chi connectivity index (χ3n) is 7.36. The molecule has 1 aromatic carbocycles. The number of thiocarbonyl (C=S) groups is 1. The minimum absolute atomic E-state index is 0.281. The summed E-state index contributed by atoms with van der Waals surface area (Å²) >= 11 is 5.72. The topological polar surface area (TPSA) is 18.5 Å². The fourth-order valence-electron chi connectivity index (χ4n) is 6.17. The van der Waals surface area contributed by atoms with Gasteiger partial charge in [0.1, 0.15) is 0 Å². The number of halogens is 3. The van der Waals surface area contributed by atoms with E-state index in [4.69, 9.17) is 12.2 Å². The van der Waals surface area contributed by atoms with Crippen LogP contribution >= 0.6 is 12.2 Å². The molecule has 0 amide bonds. The molecule has 3 aliphatic heterocycles. The molecular weight excluding hydrogens is 407 g/mol. The van der Waals surface area contributed by atoms with Crippen LogP contribution in [0.5, 0.6) is 0 Å². The van der Waals surface area contributed by atoms with Gasteiger partial charge >= 0.3 is 6.18 Å². The smallest absolute Gasteiger partial charge is 0.342 e. The molecule has 3 fully saturated rings. The molecule has 5 rings (SSSR count). The van der Waals surface area contributed by atoms with E-state index in [-0.39, 0.29) is 6.04 Å². The van der Waals surface area contributed by atoms with Gasteiger partial charge in [0, 0.05) is 24.8 Å². The maximum Gasteiger partial charge on any atom is 0.416 e. The van der Waals surface area contributed by atoms with Gasteiger partial charge in [0.15, 0.2) is 5.11 Å². The molecule has 1 aromatic rings. The molecule has 0 saturated carbocycles. The molecular formula is C23H28F3N3S. The van der Waals surface area contributed by atoms with Gasteiger partial charge in [-0.05, 0) is 80.9 Å². The lowest BCUT2D eigenvalue weighted by molar-refractivity contribution is -0.137. The maximum absolute atomic E-state index is 13.1. The van der Waals surface area contributed by atoms with Gasteiger partial charge in [-0.3, -0.25) is 4.90 Å². The number of alkyl halides is 3. The van der Waals surface area contributed by atoms with E-state index >= 15 is 0 Å². The summed E-state index contributed by atoms with van der Waals surface area (Å²) in [5, 5.41) is 3.65. The Morgan fingerprint density at radius 3 is 2.83 bits per heavy atom. The molecule has 162 valence electrons. The molecule has 0 aromatic heterocycles. The fraction of sp³-hybridized carbons (Fsp3) is 0.609. The Labute approximate surface area is 181 Å². The Morgan fingerprint density at radius 1 is 1.13 bits per heavy atom. The van der Waals surface area contributed by atoms with Crippen molar-refractivity contribution in [2.45, 2.75) is 56.8 Å². The third kappa shape index (κ3) is 3.75. The summed E-state index contributed by atoms with van der Waals surface area (Å²) in [7, 11) is 0. The van der Waals surface area contributed by atoms with Gasteiger partial charge in [0.25, 0.3) is 0 Å². The average molecular weight is 436 g/mol. The van der Waals surface area contributed by atoms with E-state index in [1.54, 1.807) is 6.07 Å². The summed E-state index contributed by atoms with van der Waals surface area (Å²) in [6.07, 6.45) is 5.48. The summed E-state index contributed by atoms with van der Waals surface area (Å²) in [5.74, 6) is 1.20. The molecule has 7 heteroatoms. The third-order valence-corrected chi connectivity index (χ3v) is 7.70. The first-order chi connectivity index (χ1) is 14.4. The van der Waals surface area contributed by atoms with Crippen molar-refractivity contribution in [2.75, 3.05) is 25.0 Å². The SMILES string of the molecule is FC(F)(F)c1cccc(NC(=S)N2CCCC3=CC4CC(CN5CCCCC45)C32)c1. The first-order valence-electron chi connectivity index (χ1n) is 11.1. The molecule has 4 aliphatic rings. The van der Waals surface area contributed by atoms with Crippen LogP contribution in [0.3, 0.4) is 0 Å². The van der Waals surface area contributed by atoms with Gasteiger partial charge in [-0.2, -0.15) is 13.2 Å². The molecule has 0 radical (unpaired) electrons. The Bertz CT molecular complexity index is 852. The highest BCUT2D eigenvalue weighted by Gasteiger charge is 2.46. The van der Waals surface area contributed by atoms with Crippen LogP contribution in [-0.2, 0) is 6.18 Å². The van der Waals surface area contributed by atoms with Crippen molar-refractivity contribution in [3.8, 4) is 0 Å². The highest BCUT2D eigenvalue weighted by molar-refractivity contribution is 7.80. The van der Waals surface area contributed by atoms with Crippen molar-refractivity contribution >= 4 is 23.0 Å². The van der Waals surface area contributed by atoms with Gasteiger partial charge in [-0.1, -0.05) is 24.1 Å². The van der Waals surface area contributed by atoms with E-state index < -0.39 is 11.7 Å². The van der Waals surface area contributed by atoms with Gasteiger partial charge in [0.2, 0.25) is 0 Å². The number of likely N-dealkylation sites (tertiary alicyclic amines) is 1. The number of piperidine rings is 3. The predicted molar refractivity (Wildman–Crippen MR) is 116 cm³/mol. The second kappa shape index (κ2) is 7.83. The number of benzene rings is 1. The molecule has 3 heterocycles. The van der Waals surface area contributed by atoms with Crippen molar-refractivity contribution < 1.29 is 13.2 Å². The van der Waals surface area contributed by atoms with Crippen molar-refractivity contribution in [3.63, 3.8) is 0 Å². The highest BCUT2D eigenvalue weighted by atomic mass is 32.1. The monoisotopic (exact) mass is 435 g/mol. The van der Waals surface area contributed by atoms with E-state index in [1.165, 1.54) is 43.9 Å². The summed E-state index contributed by atoms with van der Waals surface area (Å²) < 4.78 is 39.2. The summed E-state index contributed by atoms with van der Waals surface area (Å²) in [6.45, 7) is 3.17.